The Hall–Kier alpha value is -1.45. The van der Waals surface area contributed by atoms with Gasteiger partial charge in [0, 0.05) is 18.0 Å². The lowest BCUT2D eigenvalue weighted by Gasteiger charge is -2.26. The Kier molecular flexibility index (Phi) is 5.77. The molecule has 0 aliphatic rings. The van der Waals surface area contributed by atoms with Crippen LogP contribution in [0.3, 0.4) is 0 Å². The third-order valence-electron chi connectivity index (χ3n) is 3.31. The third kappa shape index (κ3) is 4.76. The molecule has 1 atom stereocenters. The molecule has 2 heterocycles. The number of aliphatic hydroxyl groups is 2. The zero-order valence-electron chi connectivity index (χ0n) is 12.5. The summed E-state index contributed by atoms with van der Waals surface area (Å²) in [6, 6.07) is 1.86. The lowest BCUT2D eigenvalue weighted by molar-refractivity contribution is -0.132. The monoisotopic (exact) mass is 349 g/mol. The topological polar surface area (TPSA) is 69.5 Å². The van der Waals surface area contributed by atoms with Crippen LogP contribution in [0.1, 0.15) is 18.2 Å². The molecule has 2 rings (SSSR count). The maximum atomic E-state index is 12.6. The van der Waals surface area contributed by atoms with Crippen LogP contribution in [0.5, 0.6) is 0 Å². The number of anilines is 1. The summed E-state index contributed by atoms with van der Waals surface area (Å²) in [5, 5.41) is 19.3. The molecule has 0 aliphatic heterocycles. The minimum absolute atomic E-state index is 0.129. The highest BCUT2D eigenvalue weighted by molar-refractivity contribution is 7.18. The highest BCUT2D eigenvalue weighted by Gasteiger charge is 2.29. The van der Waals surface area contributed by atoms with Crippen molar-refractivity contribution in [3.05, 3.63) is 17.3 Å². The van der Waals surface area contributed by atoms with E-state index in [-0.39, 0.29) is 13.1 Å². The number of aromatic nitrogens is 2. The van der Waals surface area contributed by atoms with Crippen molar-refractivity contribution in [2.75, 3.05) is 24.6 Å². The fourth-order valence-electron chi connectivity index (χ4n) is 2.18. The molecule has 0 aromatic carbocycles. The summed E-state index contributed by atoms with van der Waals surface area (Å²) in [5.41, 5.74) is 0. The lowest BCUT2D eigenvalue weighted by atomic mass is 10.2. The van der Waals surface area contributed by atoms with Crippen LogP contribution in [-0.2, 0) is 6.42 Å². The number of aliphatic hydroxyl groups excluding tert-OH is 2. The molecule has 2 N–H and O–H groups in total. The minimum Gasteiger partial charge on any atom is -0.394 e. The number of fused-ring (bicyclic) bond motifs is 1. The van der Waals surface area contributed by atoms with Gasteiger partial charge in [0.1, 0.15) is 17.0 Å². The Morgan fingerprint density at radius 1 is 1.35 bits per heavy atom. The van der Waals surface area contributed by atoms with Crippen LogP contribution in [0.4, 0.5) is 19.0 Å². The first-order valence-corrected chi connectivity index (χ1v) is 7.99. The van der Waals surface area contributed by atoms with E-state index in [9.17, 15) is 18.3 Å². The van der Waals surface area contributed by atoms with E-state index in [0.717, 1.165) is 11.3 Å². The summed E-state index contributed by atoms with van der Waals surface area (Å²) in [5.74, 6) is 0.350. The van der Waals surface area contributed by atoms with Gasteiger partial charge in [-0.05, 0) is 12.5 Å². The van der Waals surface area contributed by atoms with Gasteiger partial charge in [-0.3, -0.25) is 0 Å². The summed E-state index contributed by atoms with van der Waals surface area (Å²) in [6.45, 7) is 0.981. The molecule has 0 aliphatic carbocycles. The van der Waals surface area contributed by atoms with Crippen LogP contribution < -0.4 is 4.90 Å². The predicted molar refractivity (Wildman–Crippen MR) is 82.8 cm³/mol. The quantitative estimate of drug-likeness (QED) is 0.803. The van der Waals surface area contributed by atoms with E-state index in [1.54, 1.807) is 0 Å². The highest BCUT2D eigenvalue weighted by Crippen LogP contribution is 2.31. The van der Waals surface area contributed by atoms with E-state index < -0.39 is 25.3 Å². The molecule has 0 spiro atoms. The Labute approximate surface area is 135 Å². The van der Waals surface area contributed by atoms with Crippen LogP contribution in [0.15, 0.2) is 12.4 Å². The normalized spacial score (nSPS) is 13.5. The minimum atomic E-state index is -4.31. The number of aryl methyl sites for hydroxylation is 1. The highest BCUT2D eigenvalue weighted by atomic mass is 32.1. The largest absolute Gasteiger partial charge is 0.394 e. The molecule has 0 unspecified atom stereocenters. The molecule has 0 radical (unpaired) electrons. The van der Waals surface area contributed by atoms with Crippen molar-refractivity contribution < 1.29 is 23.4 Å². The number of alkyl halides is 3. The molecule has 9 heteroatoms. The van der Waals surface area contributed by atoms with Gasteiger partial charge in [-0.1, -0.05) is 6.92 Å². The second-order valence-corrected chi connectivity index (χ2v) is 6.25. The van der Waals surface area contributed by atoms with Crippen molar-refractivity contribution in [2.24, 2.45) is 0 Å². The van der Waals surface area contributed by atoms with Gasteiger partial charge in [0.2, 0.25) is 0 Å². The molecule has 2 aromatic heterocycles. The van der Waals surface area contributed by atoms with E-state index in [4.69, 9.17) is 5.11 Å². The zero-order valence-corrected chi connectivity index (χ0v) is 13.4. The van der Waals surface area contributed by atoms with Crippen LogP contribution >= 0.6 is 11.3 Å². The van der Waals surface area contributed by atoms with Crippen molar-refractivity contribution in [1.82, 2.24) is 9.97 Å². The van der Waals surface area contributed by atoms with Crippen molar-refractivity contribution in [3.8, 4) is 0 Å². The molecule has 0 bridgehead atoms. The molecule has 0 fully saturated rings. The number of thiophene rings is 1. The van der Waals surface area contributed by atoms with E-state index in [2.05, 4.69) is 9.97 Å². The molecule has 0 amide bonds. The molecular weight excluding hydrogens is 331 g/mol. The summed E-state index contributed by atoms with van der Waals surface area (Å²) in [6.07, 6.45) is -4.38. The van der Waals surface area contributed by atoms with Crippen molar-refractivity contribution in [2.45, 2.75) is 32.0 Å². The van der Waals surface area contributed by atoms with Gasteiger partial charge < -0.3 is 15.1 Å². The van der Waals surface area contributed by atoms with Crippen LogP contribution in [0.25, 0.3) is 10.2 Å². The second-order valence-electron chi connectivity index (χ2n) is 5.13. The number of hydrogen-bond donors (Lipinski definition) is 2. The third-order valence-corrected chi connectivity index (χ3v) is 4.50. The maximum Gasteiger partial charge on any atom is 0.390 e. The summed E-state index contributed by atoms with van der Waals surface area (Å²) in [4.78, 5) is 11.4. The SMILES string of the molecule is CCc1cc2c(N(CCC(F)(F)F)C[C@H](O)CO)ncnc2s1. The lowest BCUT2D eigenvalue weighted by Crippen LogP contribution is -2.37. The van der Waals surface area contributed by atoms with Crippen LogP contribution in [-0.4, -0.2) is 52.2 Å². The van der Waals surface area contributed by atoms with Gasteiger partial charge in [0.05, 0.1) is 24.5 Å². The van der Waals surface area contributed by atoms with Crippen LogP contribution in [0.2, 0.25) is 0 Å². The summed E-state index contributed by atoms with van der Waals surface area (Å²) in [7, 11) is 0. The number of hydrogen-bond acceptors (Lipinski definition) is 6. The van der Waals surface area contributed by atoms with Gasteiger partial charge in [-0.15, -0.1) is 11.3 Å². The van der Waals surface area contributed by atoms with E-state index >= 15 is 0 Å². The van der Waals surface area contributed by atoms with Crippen molar-refractivity contribution in [3.63, 3.8) is 0 Å². The first kappa shape index (κ1) is 17.9. The average Bonchev–Trinajstić information content (AvgIpc) is 2.93. The Bertz CT molecular complexity index is 648. The second kappa shape index (κ2) is 7.41. The molecule has 0 saturated carbocycles. The number of halogens is 3. The number of nitrogens with zero attached hydrogens (tertiary/aromatic N) is 3. The first-order valence-electron chi connectivity index (χ1n) is 7.18. The molecule has 5 nitrogen and oxygen atoms in total. The van der Waals surface area contributed by atoms with Gasteiger partial charge in [-0.2, -0.15) is 13.2 Å². The zero-order chi connectivity index (χ0) is 17.0. The molecule has 0 saturated heterocycles. The maximum absolute atomic E-state index is 12.6. The Morgan fingerprint density at radius 2 is 2.09 bits per heavy atom. The summed E-state index contributed by atoms with van der Waals surface area (Å²) >= 11 is 1.47. The van der Waals surface area contributed by atoms with Crippen LogP contribution in [0, 0.1) is 0 Å². The van der Waals surface area contributed by atoms with E-state index in [1.807, 2.05) is 13.0 Å². The molecule has 128 valence electrons. The fourth-order valence-corrected chi connectivity index (χ4v) is 3.11. The average molecular weight is 349 g/mol. The van der Waals surface area contributed by atoms with Gasteiger partial charge in [-0.25, -0.2) is 9.97 Å². The van der Waals surface area contributed by atoms with E-state index in [1.165, 1.54) is 22.6 Å². The predicted octanol–water partition coefficient (Wildman–Crippen LogP) is 2.37. The Morgan fingerprint density at radius 3 is 2.70 bits per heavy atom. The fraction of sp³-hybridized carbons (Fsp3) is 0.571. The van der Waals surface area contributed by atoms with E-state index in [0.29, 0.717) is 16.0 Å². The van der Waals surface area contributed by atoms with Gasteiger partial charge in [0.25, 0.3) is 0 Å². The molecular formula is C14H18F3N3O2S. The van der Waals surface area contributed by atoms with Crippen molar-refractivity contribution in [1.29, 1.82) is 0 Å². The Balaban J connectivity index is 2.35. The molecule has 2 aromatic rings. The van der Waals surface area contributed by atoms with Gasteiger partial charge in [0.15, 0.2) is 0 Å². The van der Waals surface area contributed by atoms with Crippen molar-refractivity contribution >= 4 is 27.4 Å². The standard InChI is InChI=1S/C14H18F3N3O2S/c1-2-10-5-11-12(18-8-19-13(11)23-10)20(6-9(22)7-21)4-3-14(15,16)17/h5,8-9,21-22H,2-4,6-7H2,1H3/t9-/m0/s1. The summed E-state index contributed by atoms with van der Waals surface area (Å²) < 4.78 is 37.7. The first-order chi connectivity index (χ1) is 10.8. The molecule has 23 heavy (non-hydrogen) atoms. The number of rotatable bonds is 7. The van der Waals surface area contributed by atoms with Gasteiger partial charge >= 0.3 is 6.18 Å². The smallest absolute Gasteiger partial charge is 0.390 e.